The summed E-state index contributed by atoms with van der Waals surface area (Å²) in [6, 6.07) is 23.4. The molecule has 1 aliphatic heterocycles. The molecule has 0 bridgehead atoms. The molecule has 1 aliphatic rings. The lowest BCUT2D eigenvalue weighted by molar-refractivity contribution is -0.273. The van der Waals surface area contributed by atoms with Crippen molar-refractivity contribution in [2.75, 3.05) is 18.5 Å². The Morgan fingerprint density at radius 1 is 0.780 bits per heavy atom. The first kappa shape index (κ1) is 29.8. The highest BCUT2D eigenvalue weighted by Crippen LogP contribution is 2.31. The van der Waals surface area contributed by atoms with Crippen LogP contribution in [0, 0.1) is 0 Å². The fraction of sp³-hybridized carbons (Fsp3) is 0.276. The van der Waals surface area contributed by atoms with E-state index in [0.717, 1.165) is 0 Å². The highest BCUT2D eigenvalue weighted by molar-refractivity contribution is 9.09. The summed E-state index contributed by atoms with van der Waals surface area (Å²) in [7, 11) is 0. The van der Waals surface area contributed by atoms with Gasteiger partial charge in [-0.15, -0.1) is 0 Å². The van der Waals surface area contributed by atoms with Crippen molar-refractivity contribution in [1.82, 2.24) is 0 Å². The largest absolute Gasteiger partial charge is 0.459 e. The van der Waals surface area contributed by atoms with E-state index < -0.39 is 48.6 Å². The van der Waals surface area contributed by atoms with Crippen molar-refractivity contribution >= 4 is 33.8 Å². The monoisotopic (exact) mass is 623 g/mol. The number of benzene rings is 3. The number of hydrogen-bond donors (Lipinski definition) is 0. The van der Waals surface area contributed by atoms with E-state index in [0.29, 0.717) is 10.9 Å². The molecule has 3 aromatic rings. The van der Waals surface area contributed by atoms with E-state index in [9.17, 15) is 19.9 Å². The average Bonchev–Trinajstić information content (AvgIpc) is 3.02. The van der Waals surface area contributed by atoms with Crippen LogP contribution in [0.1, 0.15) is 31.1 Å². The maximum atomic E-state index is 13.2. The summed E-state index contributed by atoms with van der Waals surface area (Å²) < 4.78 is 29.0. The number of nitrogens with zero attached hydrogens (tertiary/aromatic N) is 3. The first-order chi connectivity index (χ1) is 20.0. The highest BCUT2D eigenvalue weighted by atomic mass is 79.9. The Morgan fingerprint density at radius 2 is 1.27 bits per heavy atom. The number of esters is 3. The summed E-state index contributed by atoms with van der Waals surface area (Å²) in [5, 5.41) is 4.23. The Hall–Kier alpha value is -4.22. The van der Waals surface area contributed by atoms with Gasteiger partial charge in [0.25, 0.3) is 0 Å². The topological polar surface area (TPSA) is 146 Å². The summed E-state index contributed by atoms with van der Waals surface area (Å²) in [5.41, 5.74) is 10.2. The third kappa shape index (κ3) is 7.92. The summed E-state index contributed by atoms with van der Waals surface area (Å²) in [4.78, 5) is 41.8. The molecule has 0 aliphatic carbocycles. The minimum absolute atomic E-state index is 0.131. The van der Waals surface area contributed by atoms with Gasteiger partial charge in [0.05, 0.1) is 23.3 Å². The third-order valence-corrected chi connectivity index (χ3v) is 6.38. The van der Waals surface area contributed by atoms with Crippen molar-refractivity contribution in [1.29, 1.82) is 0 Å². The van der Waals surface area contributed by atoms with Gasteiger partial charge in [0.1, 0.15) is 18.8 Å². The van der Waals surface area contributed by atoms with Gasteiger partial charge >= 0.3 is 17.9 Å². The van der Waals surface area contributed by atoms with Gasteiger partial charge in [0.15, 0.2) is 18.5 Å². The molecule has 0 spiro atoms. The van der Waals surface area contributed by atoms with E-state index in [-0.39, 0.29) is 24.3 Å². The molecule has 0 aromatic heterocycles. The number of ether oxygens (including phenoxy) is 5. The van der Waals surface area contributed by atoms with E-state index in [1.54, 1.807) is 91.0 Å². The minimum Gasteiger partial charge on any atom is -0.459 e. The van der Waals surface area contributed by atoms with Crippen molar-refractivity contribution in [3.8, 4) is 0 Å². The van der Waals surface area contributed by atoms with E-state index in [1.807, 2.05) is 0 Å². The Kier molecular flexibility index (Phi) is 10.9. The third-order valence-electron chi connectivity index (χ3n) is 6.06. The van der Waals surface area contributed by atoms with Crippen molar-refractivity contribution in [2.45, 2.75) is 30.6 Å². The van der Waals surface area contributed by atoms with Gasteiger partial charge in [-0.1, -0.05) is 75.6 Å². The van der Waals surface area contributed by atoms with E-state index in [4.69, 9.17) is 23.7 Å². The molecule has 0 radical (unpaired) electrons. The second-order valence-corrected chi connectivity index (χ2v) is 9.53. The predicted octanol–water partition coefficient (Wildman–Crippen LogP) is 5.11. The van der Waals surface area contributed by atoms with Crippen LogP contribution in [-0.4, -0.2) is 67.1 Å². The molecule has 1 fully saturated rings. The number of rotatable bonds is 11. The molecule has 212 valence electrons. The highest BCUT2D eigenvalue weighted by Gasteiger charge is 2.51. The van der Waals surface area contributed by atoms with E-state index in [2.05, 4.69) is 26.0 Å². The Labute approximate surface area is 244 Å². The Balaban J connectivity index is 1.66. The van der Waals surface area contributed by atoms with Crippen LogP contribution >= 0.6 is 15.9 Å². The van der Waals surface area contributed by atoms with Crippen molar-refractivity contribution < 1.29 is 38.1 Å². The number of alkyl halides is 1. The van der Waals surface area contributed by atoms with Gasteiger partial charge in [0.2, 0.25) is 0 Å². The molecule has 41 heavy (non-hydrogen) atoms. The number of hydrogen-bond acceptors (Lipinski definition) is 9. The van der Waals surface area contributed by atoms with E-state index >= 15 is 0 Å². The number of azide groups is 1. The zero-order valence-electron chi connectivity index (χ0n) is 21.7. The summed E-state index contributed by atoms with van der Waals surface area (Å²) in [5.74, 6) is -2.13. The number of halogens is 1. The molecule has 0 unspecified atom stereocenters. The Bertz CT molecular complexity index is 1360. The number of carbonyl (C=O) groups is 3. The molecule has 11 nitrogen and oxygen atoms in total. The van der Waals surface area contributed by atoms with Crippen LogP contribution in [0.15, 0.2) is 96.1 Å². The van der Waals surface area contributed by atoms with Crippen molar-refractivity contribution in [3.63, 3.8) is 0 Å². The van der Waals surface area contributed by atoms with Crippen LogP contribution in [-0.2, 0) is 23.7 Å². The van der Waals surface area contributed by atoms with Crippen LogP contribution in [0.5, 0.6) is 0 Å². The minimum atomic E-state index is -1.36. The van der Waals surface area contributed by atoms with E-state index in [1.165, 1.54) is 0 Å². The maximum absolute atomic E-state index is 13.2. The molecule has 3 aromatic carbocycles. The second kappa shape index (κ2) is 15.0. The molecule has 1 heterocycles. The Morgan fingerprint density at radius 3 is 1.76 bits per heavy atom. The zero-order valence-corrected chi connectivity index (χ0v) is 23.2. The first-order valence-corrected chi connectivity index (χ1v) is 13.8. The van der Waals surface area contributed by atoms with Crippen LogP contribution in [0.25, 0.3) is 10.4 Å². The molecule has 12 heteroatoms. The lowest BCUT2D eigenvalue weighted by atomic mass is 9.96. The van der Waals surface area contributed by atoms with Crippen LogP contribution in [0.3, 0.4) is 0 Å². The van der Waals surface area contributed by atoms with Gasteiger partial charge in [-0.25, -0.2) is 14.4 Å². The lowest BCUT2D eigenvalue weighted by Crippen LogP contribution is -2.61. The SMILES string of the molecule is [N-]=[N+]=N[C@@H]1[C@H](OC(=O)c2ccccc2)[C@@H](OC(=O)c2ccccc2)[C@H](OCCBr)O[C@@H]1COC(=O)c1ccccc1. The molecular formula is C29H26BrN3O8. The predicted molar refractivity (Wildman–Crippen MR) is 149 cm³/mol. The summed E-state index contributed by atoms with van der Waals surface area (Å²) in [6.45, 7) is -0.240. The van der Waals surface area contributed by atoms with Crippen LogP contribution in [0.4, 0.5) is 0 Å². The van der Waals surface area contributed by atoms with Gasteiger partial charge in [-0.05, 0) is 41.9 Å². The molecule has 0 amide bonds. The quantitative estimate of drug-likeness (QED) is 0.0715. The number of carbonyl (C=O) groups excluding carboxylic acids is 3. The molecule has 0 saturated carbocycles. The molecule has 5 atom stereocenters. The maximum Gasteiger partial charge on any atom is 0.338 e. The fourth-order valence-electron chi connectivity index (χ4n) is 4.13. The van der Waals surface area contributed by atoms with Gasteiger partial charge < -0.3 is 23.7 Å². The van der Waals surface area contributed by atoms with Crippen molar-refractivity contribution in [2.24, 2.45) is 5.11 Å². The van der Waals surface area contributed by atoms with Gasteiger partial charge in [-0.3, -0.25) is 0 Å². The normalized spacial score (nSPS) is 21.6. The van der Waals surface area contributed by atoms with Crippen molar-refractivity contribution in [3.05, 3.63) is 118 Å². The molecule has 1 saturated heterocycles. The standard InChI is InChI=1S/C29H26BrN3O8/c30-16-17-37-29-25(41-28(36)21-14-8-3-9-15-21)24(40-27(35)20-12-6-2-7-13-20)23(32-33-31)22(39-29)18-38-26(34)19-10-4-1-5-11-19/h1-15,22-25,29H,16-18H2/t22-,23+,24+,25-,29-/m1/s1. The first-order valence-electron chi connectivity index (χ1n) is 12.6. The average molecular weight is 624 g/mol. The summed E-state index contributed by atoms with van der Waals surface area (Å²) in [6.07, 6.45) is -5.08. The molecule has 4 rings (SSSR count). The van der Waals surface area contributed by atoms with Gasteiger partial charge in [0, 0.05) is 10.2 Å². The second-order valence-electron chi connectivity index (χ2n) is 8.73. The fourth-order valence-corrected chi connectivity index (χ4v) is 4.32. The zero-order chi connectivity index (χ0) is 29.0. The smallest absolute Gasteiger partial charge is 0.338 e. The lowest BCUT2D eigenvalue weighted by Gasteiger charge is -2.43. The summed E-state index contributed by atoms with van der Waals surface area (Å²) >= 11 is 3.29. The molecule has 0 N–H and O–H groups in total. The molecular weight excluding hydrogens is 598 g/mol. The van der Waals surface area contributed by atoms with Crippen LogP contribution < -0.4 is 0 Å². The van der Waals surface area contributed by atoms with Crippen LogP contribution in [0.2, 0.25) is 0 Å². The van der Waals surface area contributed by atoms with Gasteiger partial charge in [-0.2, -0.15) is 0 Å².